The summed E-state index contributed by atoms with van der Waals surface area (Å²) < 4.78 is 0.915. The van der Waals surface area contributed by atoms with Crippen LogP contribution in [0.4, 0.5) is 11.4 Å². The highest BCUT2D eigenvalue weighted by atomic mass is 79.9. The standard InChI is InChI=1S/C14H14BrN3OS/c1-9(20-13-6-5-10(15)8-17-13)14(19)18-12-4-2-3-11(16)7-12/h2-9H,16H2,1H3,(H,18,19). The normalized spacial score (nSPS) is 11.9. The van der Waals surface area contributed by atoms with Gasteiger partial charge in [0.15, 0.2) is 0 Å². The Morgan fingerprint density at radius 1 is 1.40 bits per heavy atom. The van der Waals surface area contributed by atoms with Gasteiger partial charge in [-0.25, -0.2) is 4.98 Å². The van der Waals surface area contributed by atoms with Crippen LogP contribution in [-0.2, 0) is 4.79 Å². The van der Waals surface area contributed by atoms with Gasteiger partial charge < -0.3 is 11.1 Å². The van der Waals surface area contributed by atoms with Crippen LogP contribution >= 0.6 is 27.7 Å². The summed E-state index contributed by atoms with van der Waals surface area (Å²) in [6, 6.07) is 10.9. The molecule has 0 bridgehead atoms. The van der Waals surface area contributed by atoms with Gasteiger partial charge in [0.1, 0.15) is 0 Å². The molecule has 1 atom stereocenters. The molecule has 0 spiro atoms. The van der Waals surface area contributed by atoms with E-state index in [1.165, 1.54) is 11.8 Å². The molecule has 0 aliphatic rings. The molecule has 1 unspecified atom stereocenters. The van der Waals surface area contributed by atoms with E-state index < -0.39 is 0 Å². The smallest absolute Gasteiger partial charge is 0.237 e. The Bertz CT molecular complexity index is 604. The van der Waals surface area contributed by atoms with Crippen LogP contribution in [0.2, 0.25) is 0 Å². The zero-order valence-corrected chi connectivity index (χ0v) is 13.2. The maximum atomic E-state index is 12.1. The Morgan fingerprint density at radius 3 is 2.85 bits per heavy atom. The number of hydrogen-bond acceptors (Lipinski definition) is 4. The Kier molecular flexibility index (Phi) is 5.03. The summed E-state index contributed by atoms with van der Waals surface area (Å²) >= 11 is 4.74. The van der Waals surface area contributed by atoms with Gasteiger partial charge in [-0.1, -0.05) is 17.8 Å². The van der Waals surface area contributed by atoms with Crippen LogP contribution in [0.3, 0.4) is 0 Å². The highest BCUT2D eigenvalue weighted by Crippen LogP contribution is 2.23. The number of amides is 1. The number of pyridine rings is 1. The van der Waals surface area contributed by atoms with Crippen molar-refractivity contribution >= 4 is 45.0 Å². The van der Waals surface area contributed by atoms with Gasteiger partial charge in [0, 0.05) is 22.0 Å². The van der Waals surface area contributed by atoms with Crippen LogP contribution in [0.25, 0.3) is 0 Å². The predicted molar refractivity (Wildman–Crippen MR) is 86.7 cm³/mol. The van der Waals surface area contributed by atoms with Crippen molar-refractivity contribution < 1.29 is 4.79 Å². The molecule has 1 amide bonds. The number of nitrogens with zero attached hydrogens (tertiary/aromatic N) is 1. The predicted octanol–water partition coefficient (Wildman–Crippen LogP) is 3.55. The minimum absolute atomic E-state index is 0.0784. The van der Waals surface area contributed by atoms with Crippen LogP contribution in [0, 0.1) is 0 Å². The number of benzene rings is 1. The summed E-state index contributed by atoms with van der Waals surface area (Å²) in [5.41, 5.74) is 7.00. The minimum Gasteiger partial charge on any atom is -0.399 e. The van der Waals surface area contributed by atoms with Gasteiger partial charge in [-0.2, -0.15) is 0 Å². The molecule has 104 valence electrons. The Hall–Kier alpha value is -1.53. The monoisotopic (exact) mass is 351 g/mol. The first-order valence-electron chi connectivity index (χ1n) is 5.99. The van der Waals surface area contributed by atoms with Gasteiger partial charge in [0.2, 0.25) is 5.91 Å². The number of aromatic nitrogens is 1. The second kappa shape index (κ2) is 6.76. The third-order valence-corrected chi connectivity index (χ3v) is 4.04. The van der Waals surface area contributed by atoms with Crippen molar-refractivity contribution in [2.75, 3.05) is 11.1 Å². The third kappa shape index (κ3) is 4.25. The number of rotatable bonds is 4. The highest BCUT2D eigenvalue weighted by Gasteiger charge is 2.15. The topological polar surface area (TPSA) is 68.0 Å². The average Bonchev–Trinajstić information content (AvgIpc) is 2.41. The zero-order chi connectivity index (χ0) is 14.5. The zero-order valence-electron chi connectivity index (χ0n) is 10.8. The van der Waals surface area contributed by atoms with E-state index in [9.17, 15) is 4.79 Å². The largest absolute Gasteiger partial charge is 0.399 e. The average molecular weight is 352 g/mol. The molecule has 1 aromatic heterocycles. The van der Waals surface area contributed by atoms with E-state index in [1.54, 1.807) is 24.4 Å². The van der Waals surface area contributed by atoms with Gasteiger partial charge in [-0.3, -0.25) is 4.79 Å². The number of nitrogens with two attached hydrogens (primary N) is 1. The number of hydrogen-bond donors (Lipinski definition) is 2. The van der Waals surface area contributed by atoms with Crippen molar-refractivity contribution in [3.63, 3.8) is 0 Å². The molecule has 1 aromatic carbocycles. The van der Waals surface area contributed by atoms with Crippen LogP contribution < -0.4 is 11.1 Å². The molecule has 0 saturated heterocycles. The maximum Gasteiger partial charge on any atom is 0.237 e. The van der Waals surface area contributed by atoms with Crippen LogP contribution in [-0.4, -0.2) is 16.1 Å². The molecule has 0 radical (unpaired) electrons. The molecule has 0 aliphatic carbocycles. The number of thioether (sulfide) groups is 1. The number of carbonyl (C=O) groups is 1. The molecule has 4 nitrogen and oxygen atoms in total. The molecule has 0 saturated carbocycles. The first-order valence-corrected chi connectivity index (χ1v) is 7.66. The van der Waals surface area contributed by atoms with Crippen molar-refractivity contribution in [2.45, 2.75) is 17.2 Å². The number of carbonyl (C=O) groups excluding carboxylic acids is 1. The molecule has 2 aromatic rings. The molecule has 0 fully saturated rings. The Labute approximate surface area is 130 Å². The molecular weight excluding hydrogens is 338 g/mol. The quantitative estimate of drug-likeness (QED) is 0.652. The lowest BCUT2D eigenvalue weighted by Gasteiger charge is -2.11. The van der Waals surface area contributed by atoms with Crippen molar-refractivity contribution in [1.82, 2.24) is 4.98 Å². The summed E-state index contributed by atoms with van der Waals surface area (Å²) in [5.74, 6) is -0.0784. The van der Waals surface area contributed by atoms with E-state index in [1.807, 2.05) is 25.1 Å². The Balaban J connectivity index is 1.96. The maximum absolute atomic E-state index is 12.1. The van der Waals surface area contributed by atoms with Crippen LogP contribution in [0.15, 0.2) is 52.1 Å². The molecular formula is C14H14BrN3OS. The van der Waals surface area contributed by atoms with Crippen molar-refractivity contribution in [2.24, 2.45) is 0 Å². The number of halogens is 1. The molecule has 20 heavy (non-hydrogen) atoms. The van der Waals surface area contributed by atoms with Crippen molar-refractivity contribution in [3.05, 3.63) is 47.1 Å². The Morgan fingerprint density at radius 2 is 2.20 bits per heavy atom. The fourth-order valence-electron chi connectivity index (χ4n) is 1.53. The summed E-state index contributed by atoms with van der Waals surface area (Å²) in [6.07, 6.45) is 1.71. The summed E-state index contributed by atoms with van der Waals surface area (Å²) in [4.78, 5) is 16.3. The van der Waals surface area contributed by atoms with Gasteiger partial charge in [-0.15, -0.1) is 0 Å². The van der Waals surface area contributed by atoms with E-state index >= 15 is 0 Å². The molecule has 0 aliphatic heterocycles. The van der Waals surface area contributed by atoms with Crippen molar-refractivity contribution in [3.8, 4) is 0 Å². The van der Waals surface area contributed by atoms with Crippen LogP contribution in [0.1, 0.15) is 6.92 Å². The number of nitrogen functional groups attached to an aromatic ring is 1. The molecule has 6 heteroatoms. The third-order valence-electron chi connectivity index (χ3n) is 2.52. The number of anilines is 2. The van der Waals surface area contributed by atoms with E-state index in [0.717, 1.165) is 9.50 Å². The number of nitrogens with one attached hydrogen (secondary N) is 1. The van der Waals surface area contributed by atoms with Gasteiger partial charge in [0.25, 0.3) is 0 Å². The van der Waals surface area contributed by atoms with Gasteiger partial charge >= 0.3 is 0 Å². The van der Waals surface area contributed by atoms with E-state index in [4.69, 9.17) is 5.73 Å². The first kappa shape index (κ1) is 14.9. The molecule has 1 heterocycles. The van der Waals surface area contributed by atoms with Crippen molar-refractivity contribution in [1.29, 1.82) is 0 Å². The van der Waals surface area contributed by atoms with E-state index in [2.05, 4.69) is 26.2 Å². The first-order chi connectivity index (χ1) is 9.54. The lowest BCUT2D eigenvalue weighted by Crippen LogP contribution is -2.22. The highest BCUT2D eigenvalue weighted by molar-refractivity contribution is 9.10. The summed E-state index contributed by atoms with van der Waals surface area (Å²) in [5, 5.41) is 3.40. The summed E-state index contributed by atoms with van der Waals surface area (Å²) in [6.45, 7) is 1.84. The van der Waals surface area contributed by atoms with Crippen LogP contribution in [0.5, 0.6) is 0 Å². The molecule has 3 N–H and O–H groups in total. The molecule has 2 rings (SSSR count). The fourth-order valence-corrected chi connectivity index (χ4v) is 2.55. The van der Waals surface area contributed by atoms with E-state index in [0.29, 0.717) is 11.4 Å². The fraction of sp³-hybridized carbons (Fsp3) is 0.143. The lowest BCUT2D eigenvalue weighted by atomic mass is 10.3. The summed E-state index contributed by atoms with van der Waals surface area (Å²) in [7, 11) is 0. The second-order valence-electron chi connectivity index (χ2n) is 4.19. The lowest BCUT2D eigenvalue weighted by molar-refractivity contribution is -0.115. The van der Waals surface area contributed by atoms with Gasteiger partial charge in [0.05, 0.1) is 10.3 Å². The van der Waals surface area contributed by atoms with Gasteiger partial charge in [-0.05, 0) is 53.2 Å². The van der Waals surface area contributed by atoms with E-state index in [-0.39, 0.29) is 11.2 Å². The minimum atomic E-state index is -0.245. The second-order valence-corrected chi connectivity index (χ2v) is 6.47. The SMILES string of the molecule is CC(Sc1ccc(Br)cn1)C(=O)Nc1cccc(N)c1.